The van der Waals surface area contributed by atoms with Crippen LogP contribution >= 0.6 is 0 Å². The van der Waals surface area contributed by atoms with Crippen molar-refractivity contribution in [2.75, 3.05) is 26.3 Å². The summed E-state index contributed by atoms with van der Waals surface area (Å²) >= 11 is 0. The van der Waals surface area contributed by atoms with Gasteiger partial charge in [-0.1, -0.05) is 19.9 Å². The quantitative estimate of drug-likeness (QED) is 0.900. The maximum absolute atomic E-state index is 12.8. The van der Waals surface area contributed by atoms with Crippen LogP contribution in [0.25, 0.3) is 0 Å². The molecule has 5 heteroatoms. The van der Waals surface area contributed by atoms with Crippen molar-refractivity contribution in [1.29, 1.82) is 0 Å². The Morgan fingerprint density at radius 2 is 1.83 bits per heavy atom. The van der Waals surface area contributed by atoms with Gasteiger partial charge in [0.2, 0.25) is 5.91 Å². The summed E-state index contributed by atoms with van der Waals surface area (Å²) in [5.74, 6) is 0.120. The van der Waals surface area contributed by atoms with Gasteiger partial charge in [-0.25, -0.2) is 0 Å². The van der Waals surface area contributed by atoms with Gasteiger partial charge in [0.1, 0.15) is 6.04 Å². The fourth-order valence-corrected chi connectivity index (χ4v) is 2.82. The Labute approximate surface area is 144 Å². The molecule has 1 atom stereocenters. The molecule has 1 aliphatic rings. The second kappa shape index (κ2) is 8.29. The minimum absolute atomic E-state index is 0.0100. The second-order valence-corrected chi connectivity index (χ2v) is 6.89. The fourth-order valence-electron chi connectivity index (χ4n) is 2.82. The summed E-state index contributed by atoms with van der Waals surface area (Å²) in [7, 11) is 0. The summed E-state index contributed by atoms with van der Waals surface area (Å²) in [5.41, 5.74) is 2.82. The van der Waals surface area contributed by atoms with Gasteiger partial charge in [0.25, 0.3) is 5.91 Å². The summed E-state index contributed by atoms with van der Waals surface area (Å²) in [5, 5.41) is 2.94. The SMILES string of the molecule is Cc1ccc(C(=O)N[C@H](CC(C)C)C(=O)N2CCOCC2)cc1C. The number of benzene rings is 1. The Kier molecular flexibility index (Phi) is 6.37. The van der Waals surface area contributed by atoms with Crippen molar-refractivity contribution in [3.05, 3.63) is 34.9 Å². The molecule has 1 aromatic rings. The third-order valence-corrected chi connectivity index (χ3v) is 4.40. The molecule has 1 heterocycles. The molecule has 0 radical (unpaired) electrons. The highest BCUT2D eigenvalue weighted by atomic mass is 16.5. The fraction of sp³-hybridized carbons (Fsp3) is 0.579. The van der Waals surface area contributed by atoms with E-state index in [4.69, 9.17) is 4.74 Å². The lowest BCUT2D eigenvalue weighted by molar-refractivity contribution is -0.137. The minimum atomic E-state index is -0.489. The minimum Gasteiger partial charge on any atom is -0.378 e. The molecule has 0 bridgehead atoms. The number of morpholine rings is 1. The van der Waals surface area contributed by atoms with Crippen molar-refractivity contribution in [2.45, 2.75) is 40.2 Å². The van der Waals surface area contributed by atoms with Gasteiger partial charge < -0.3 is 15.0 Å². The second-order valence-electron chi connectivity index (χ2n) is 6.89. The number of rotatable bonds is 5. The molecular formula is C19H28N2O3. The lowest BCUT2D eigenvalue weighted by Crippen LogP contribution is -2.52. The van der Waals surface area contributed by atoms with E-state index in [0.717, 1.165) is 11.1 Å². The monoisotopic (exact) mass is 332 g/mol. The summed E-state index contributed by atoms with van der Waals surface area (Å²) in [6, 6.07) is 5.13. The first-order chi connectivity index (χ1) is 11.4. The molecule has 5 nitrogen and oxygen atoms in total. The zero-order chi connectivity index (χ0) is 17.7. The first kappa shape index (κ1) is 18.5. The average molecular weight is 332 g/mol. The van der Waals surface area contributed by atoms with E-state index in [1.807, 2.05) is 32.0 Å². The smallest absolute Gasteiger partial charge is 0.251 e. The third kappa shape index (κ3) is 4.81. The molecule has 1 fully saturated rings. The van der Waals surface area contributed by atoms with Gasteiger partial charge in [-0.15, -0.1) is 0 Å². The number of hydrogen-bond acceptors (Lipinski definition) is 3. The maximum atomic E-state index is 12.8. The maximum Gasteiger partial charge on any atom is 0.251 e. The summed E-state index contributed by atoms with van der Waals surface area (Å²) in [6.45, 7) is 10.4. The van der Waals surface area contributed by atoms with Gasteiger partial charge in [-0.2, -0.15) is 0 Å². The van der Waals surface area contributed by atoms with Crippen molar-refractivity contribution < 1.29 is 14.3 Å². The van der Waals surface area contributed by atoms with Gasteiger partial charge in [0.05, 0.1) is 13.2 Å². The Hall–Kier alpha value is -1.88. The Morgan fingerprint density at radius 3 is 2.42 bits per heavy atom. The van der Waals surface area contributed by atoms with Crippen LogP contribution in [0.4, 0.5) is 0 Å². The number of nitrogens with zero attached hydrogens (tertiary/aromatic N) is 1. The highest BCUT2D eigenvalue weighted by Crippen LogP contribution is 2.13. The van der Waals surface area contributed by atoms with Crippen LogP contribution in [-0.2, 0) is 9.53 Å². The molecule has 0 unspecified atom stereocenters. The van der Waals surface area contributed by atoms with Gasteiger partial charge in [-0.3, -0.25) is 9.59 Å². The summed E-state index contributed by atoms with van der Waals surface area (Å²) in [4.78, 5) is 27.1. The van der Waals surface area contributed by atoms with Gasteiger partial charge >= 0.3 is 0 Å². The Bertz CT molecular complexity index is 592. The van der Waals surface area contributed by atoms with Gasteiger partial charge in [-0.05, 0) is 49.4 Å². The number of ether oxygens (including phenoxy) is 1. The first-order valence-electron chi connectivity index (χ1n) is 8.63. The van der Waals surface area contributed by atoms with Crippen LogP contribution in [0.2, 0.25) is 0 Å². The number of amides is 2. The van der Waals surface area contributed by atoms with Gasteiger partial charge in [0, 0.05) is 18.7 Å². The molecule has 0 aromatic heterocycles. The van der Waals surface area contributed by atoms with Crippen LogP contribution in [0.1, 0.15) is 41.8 Å². The van der Waals surface area contributed by atoms with E-state index in [0.29, 0.717) is 44.2 Å². The molecule has 132 valence electrons. The van der Waals surface area contributed by atoms with Crippen molar-refractivity contribution in [3.63, 3.8) is 0 Å². The average Bonchev–Trinajstić information content (AvgIpc) is 2.56. The summed E-state index contributed by atoms with van der Waals surface area (Å²) in [6.07, 6.45) is 0.632. The van der Waals surface area contributed by atoms with Crippen LogP contribution in [-0.4, -0.2) is 49.1 Å². The van der Waals surface area contributed by atoms with E-state index in [-0.39, 0.29) is 11.8 Å². The zero-order valence-corrected chi connectivity index (χ0v) is 15.1. The van der Waals surface area contributed by atoms with Crippen molar-refractivity contribution >= 4 is 11.8 Å². The molecule has 2 amide bonds. The van der Waals surface area contributed by atoms with Crippen LogP contribution < -0.4 is 5.32 Å². The molecule has 0 aliphatic carbocycles. The predicted molar refractivity (Wildman–Crippen MR) is 94.0 cm³/mol. The number of hydrogen-bond donors (Lipinski definition) is 1. The molecule has 1 saturated heterocycles. The van der Waals surface area contributed by atoms with E-state index >= 15 is 0 Å². The van der Waals surface area contributed by atoms with E-state index in [1.54, 1.807) is 4.90 Å². The van der Waals surface area contributed by atoms with E-state index in [2.05, 4.69) is 19.2 Å². The Balaban J connectivity index is 2.10. The molecule has 1 N–H and O–H groups in total. The van der Waals surface area contributed by atoms with E-state index in [9.17, 15) is 9.59 Å². The number of aryl methyl sites for hydroxylation is 2. The highest BCUT2D eigenvalue weighted by molar-refractivity contribution is 5.97. The number of carbonyl (C=O) groups excluding carboxylic acids is 2. The first-order valence-corrected chi connectivity index (χ1v) is 8.63. The molecule has 2 rings (SSSR count). The lowest BCUT2D eigenvalue weighted by atomic mass is 10.0. The Morgan fingerprint density at radius 1 is 1.17 bits per heavy atom. The van der Waals surface area contributed by atoms with Crippen LogP contribution in [0.15, 0.2) is 18.2 Å². The van der Waals surface area contributed by atoms with Crippen LogP contribution in [0.3, 0.4) is 0 Å². The molecule has 0 saturated carbocycles. The standard InChI is InChI=1S/C19H28N2O3/c1-13(2)11-17(19(23)21-7-9-24-10-8-21)20-18(22)16-6-5-14(3)15(4)12-16/h5-6,12-13,17H,7-11H2,1-4H3,(H,20,22)/t17-/m1/s1. The third-order valence-electron chi connectivity index (χ3n) is 4.40. The topological polar surface area (TPSA) is 58.6 Å². The molecule has 1 aliphatic heterocycles. The largest absolute Gasteiger partial charge is 0.378 e. The highest BCUT2D eigenvalue weighted by Gasteiger charge is 2.28. The molecule has 1 aromatic carbocycles. The van der Waals surface area contributed by atoms with Crippen LogP contribution in [0, 0.1) is 19.8 Å². The molecule has 24 heavy (non-hydrogen) atoms. The van der Waals surface area contributed by atoms with Crippen molar-refractivity contribution in [1.82, 2.24) is 10.2 Å². The van der Waals surface area contributed by atoms with Gasteiger partial charge in [0.15, 0.2) is 0 Å². The normalized spacial score (nSPS) is 16.1. The van der Waals surface area contributed by atoms with Crippen LogP contribution in [0.5, 0.6) is 0 Å². The summed E-state index contributed by atoms with van der Waals surface area (Å²) < 4.78 is 5.30. The number of nitrogens with one attached hydrogen (secondary N) is 1. The predicted octanol–water partition coefficient (Wildman–Crippen LogP) is 2.31. The lowest BCUT2D eigenvalue weighted by Gasteiger charge is -2.31. The molecular weight excluding hydrogens is 304 g/mol. The zero-order valence-electron chi connectivity index (χ0n) is 15.1. The van der Waals surface area contributed by atoms with Crippen molar-refractivity contribution in [2.24, 2.45) is 5.92 Å². The molecule has 0 spiro atoms. The van der Waals surface area contributed by atoms with E-state index in [1.165, 1.54) is 0 Å². The number of carbonyl (C=O) groups is 2. The van der Waals surface area contributed by atoms with Crippen molar-refractivity contribution in [3.8, 4) is 0 Å². The van der Waals surface area contributed by atoms with E-state index < -0.39 is 6.04 Å².